The van der Waals surface area contributed by atoms with Crippen molar-refractivity contribution in [2.24, 2.45) is 5.92 Å². The Morgan fingerprint density at radius 1 is 1.35 bits per heavy atom. The SMILES string of the molecule is CCOc1cc(N(C)CCC(C)C)ccc1N. The number of hydrogen-bond acceptors (Lipinski definition) is 3. The summed E-state index contributed by atoms with van der Waals surface area (Å²) in [6.07, 6.45) is 1.19. The van der Waals surface area contributed by atoms with Gasteiger partial charge < -0.3 is 15.4 Å². The van der Waals surface area contributed by atoms with Gasteiger partial charge in [-0.05, 0) is 31.4 Å². The van der Waals surface area contributed by atoms with Crippen LogP contribution in [0.4, 0.5) is 11.4 Å². The van der Waals surface area contributed by atoms with Gasteiger partial charge in [0.25, 0.3) is 0 Å². The fourth-order valence-corrected chi connectivity index (χ4v) is 1.62. The summed E-state index contributed by atoms with van der Waals surface area (Å²) in [6, 6.07) is 5.96. The third-order valence-corrected chi connectivity index (χ3v) is 2.78. The van der Waals surface area contributed by atoms with Crippen LogP contribution in [-0.2, 0) is 0 Å². The van der Waals surface area contributed by atoms with Crippen LogP contribution in [0.1, 0.15) is 27.2 Å². The fourth-order valence-electron chi connectivity index (χ4n) is 1.62. The van der Waals surface area contributed by atoms with E-state index in [2.05, 4.69) is 25.8 Å². The molecule has 2 N–H and O–H groups in total. The molecule has 0 aliphatic carbocycles. The van der Waals surface area contributed by atoms with Gasteiger partial charge in [0.1, 0.15) is 5.75 Å². The van der Waals surface area contributed by atoms with Crippen LogP contribution in [0.5, 0.6) is 5.75 Å². The van der Waals surface area contributed by atoms with Crippen molar-refractivity contribution in [3.05, 3.63) is 18.2 Å². The molecular weight excluding hydrogens is 212 g/mol. The Morgan fingerprint density at radius 2 is 2.06 bits per heavy atom. The quantitative estimate of drug-likeness (QED) is 0.771. The molecule has 96 valence electrons. The maximum Gasteiger partial charge on any atom is 0.144 e. The lowest BCUT2D eigenvalue weighted by atomic mass is 10.1. The number of ether oxygens (including phenoxy) is 1. The van der Waals surface area contributed by atoms with E-state index in [1.165, 1.54) is 6.42 Å². The molecule has 0 aliphatic rings. The molecule has 3 nitrogen and oxygen atoms in total. The Labute approximate surface area is 105 Å². The minimum Gasteiger partial charge on any atom is -0.492 e. The zero-order valence-electron chi connectivity index (χ0n) is 11.4. The third-order valence-electron chi connectivity index (χ3n) is 2.78. The zero-order valence-corrected chi connectivity index (χ0v) is 11.4. The van der Waals surface area contributed by atoms with Crippen molar-refractivity contribution in [1.29, 1.82) is 0 Å². The Morgan fingerprint density at radius 3 is 2.65 bits per heavy atom. The molecule has 0 saturated heterocycles. The first-order chi connectivity index (χ1) is 8.04. The van der Waals surface area contributed by atoms with Crippen LogP contribution in [0.2, 0.25) is 0 Å². The molecular formula is C14H24N2O. The van der Waals surface area contributed by atoms with Crippen LogP contribution in [0.25, 0.3) is 0 Å². The van der Waals surface area contributed by atoms with Gasteiger partial charge >= 0.3 is 0 Å². The largest absolute Gasteiger partial charge is 0.492 e. The number of nitrogens with zero attached hydrogens (tertiary/aromatic N) is 1. The van der Waals surface area contributed by atoms with Crippen LogP contribution < -0.4 is 15.4 Å². The lowest BCUT2D eigenvalue weighted by Gasteiger charge is -2.21. The van der Waals surface area contributed by atoms with Crippen molar-refractivity contribution in [2.45, 2.75) is 27.2 Å². The molecule has 0 spiro atoms. The lowest BCUT2D eigenvalue weighted by molar-refractivity contribution is 0.342. The summed E-state index contributed by atoms with van der Waals surface area (Å²) >= 11 is 0. The third kappa shape index (κ3) is 4.17. The number of rotatable bonds is 6. The molecule has 0 heterocycles. The Bertz CT molecular complexity index is 350. The van der Waals surface area contributed by atoms with E-state index in [9.17, 15) is 0 Å². The zero-order chi connectivity index (χ0) is 12.8. The minimum atomic E-state index is 0.642. The van der Waals surface area contributed by atoms with Crippen LogP contribution in [-0.4, -0.2) is 20.2 Å². The molecule has 1 rings (SSSR count). The highest BCUT2D eigenvalue weighted by Gasteiger charge is 2.06. The molecule has 0 unspecified atom stereocenters. The number of nitrogens with two attached hydrogens (primary N) is 1. The van der Waals surface area contributed by atoms with E-state index in [1.54, 1.807) is 0 Å². The lowest BCUT2D eigenvalue weighted by Crippen LogP contribution is -2.19. The first-order valence-corrected chi connectivity index (χ1v) is 6.28. The van der Waals surface area contributed by atoms with Gasteiger partial charge in [-0.2, -0.15) is 0 Å². The average Bonchev–Trinajstić information content (AvgIpc) is 2.29. The van der Waals surface area contributed by atoms with Crippen LogP contribution in [0, 0.1) is 5.92 Å². The molecule has 0 radical (unpaired) electrons. The molecule has 0 saturated carbocycles. The van der Waals surface area contributed by atoms with Crippen molar-refractivity contribution < 1.29 is 4.74 Å². The number of benzene rings is 1. The van der Waals surface area contributed by atoms with Crippen molar-refractivity contribution >= 4 is 11.4 Å². The van der Waals surface area contributed by atoms with E-state index in [1.807, 2.05) is 25.1 Å². The normalized spacial score (nSPS) is 10.6. The van der Waals surface area contributed by atoms with Gasteiger partial charge in [0.05, 0.1) is 12.3 Å². The van der Waals surface area contributed by atoms with Crippen LogP contribution in [0.3, 0.4) is 0 Å². The van der Waals surface area contributed by atoms with E-state index in [0.717, 1.165) is 23.9 Å². The Balaban J connectivity index is 2.73. The van der Waals surface area contributed by atoms with Crippen LogP contribution >= 0.6 is 0 Å². The minimum absolute atomic E-state index is 0.642. The van der Waals surface area contributed by atoms with Crippen molar-refractivity contribution in [3.8, 4) is 5.75 Å². The summed E-state index contributed by atoms with van der Waals surface area (Å²) in [7, 11) is 2.10. The van der Waals surface area contributed by atoms with Gasteiger partial charge in [-0.1, -0.05) is 13.8 Å². The summed E-state index contributed by atoms with van der Waals surface area (Å²) in [5, 5.41) is 0. The van der Waals surface area contributed by atoms with Gasteiger partial charge in [-0.3, -0.25) is 0 Å². The predicted octanol–water partition coefficient (Wildman–Crippen LogP) is 3.15. The average molecular weight is 236 g/mol. The molecule has 1 aromatic carbocycles. The molecule has 0 bridgehead atoms. The van der Waals surface area contributed by atoms with Gasteiger partial charge in [0.2, 0.25) is 0 Å². The first-order valence-electron chi connectivity index (χ1n) is 6.28. The standard InChI is InChI=1S/C14H24N2O/c1-5-17-14-10-12(6-7-13(14)15)16(4)9-8-11(2)3/h6-7,10-11H,5,8-9,15H2,1-4H3. The monoisotopic (exact) mass is 236 g/mol. The molecule has 0 fully saturated rings. The van der Waals surface area contributed by atoms with Gasteiger partial charge in [-0.15, -0.1) is 0 Å². The van der Waals surface area contributed by atoms with E-state index in [-0.39, 0.29) is 0 Å². The first kappa shape index (κ1) is 13.7. The second-order valence-corrected chi connectivity index (χ2v) is 4.76. The topological polar surface area (TPSA) is 38.5 Å². The maximum absolute atomic E-state index is 5.85. The van der Waals surface area contributed by atoms with Crippen molar-refractivity contribution in [3.63, 3.8) is 0 Å². The Kier molecular flexibility index (Phi) is 5.13. The highest BCUT2D eigenvalue weighted by Crippen LogP contribution is 2.27. The van der Waals surface area contributed by atoms with Crippen LogP contribution in [0.15, 0.2) is 18.2 Å². The van der Waals surface area contributed by atoms with Crippen molar-refractivity contribution in [1.82, 2.24) is 0 Å². The van der Waals surface area contributed by atoms with Gasteiger partial charge in [0, 0.05) is 25.3 Å². The molecule has 17 heavy (non-hydrogen) atoms. The predicted molar refractivity (Wildman–Crippen MR) is 74.7 cm³/mol. The van der Waals surface area contributed by atoms with E-state index in [0.29, 0.717) is 12.3 Å². The summed E-state index contributed by atoms with van der Waals surface area (Å²) in [4.78, 5) is 2.24. The summed E-state index contributed by atoms with van der Waals surface area (Å²) in [6.45, 7) is 8.13. The molecule has 0 amide bonds. The number of hydrogen-bond donors (Lipinski definition) is 1. The summed E-state index contributed by atoms with van der Waals surface area (Å²) < 4.78 is 5.50. The summed E-state index contributed by atoms with van der Waals surface area (Å²) in [5.41, 5.74) is 7.71. The van der Waals surface area contributed by atoms with E-state index >= 15 is 0 Å². The highest BCUT2D eigenvalue weighted by atomic mass is 16.5. The Hall–Kier alpha value is -1.38. The molecule has 3 heteroatoms. The second kappa shape index (κ2) is 6.38. The fraction of sp³-hybridized carbons (Fsp3) is 0.571. The molecule has 0 aliphatic heterocycles. The smallest absolute Gasteiger partial charge is 0.144 e. The molecule has 0 aromatic heterocycles. The highest BCUT2D eigenvalue weighted by molar-refractivity contribution is 5.62. The number of anilines is 2. The second-order valence-electron chi connectivity index (χ2n) is 4.76. The van der Waals surface area contributed by atoms with Gasteiger partial charge in [0.15, 0.2) is 0 Å². The maximum atomic E-state index is 5.85. The van der Waals surface area contributed by atoms with Crippen molar-refractivity contribution in [2.75, 3.05) is 30.8 Å². The number of nitrogen functional groups attached to an aromatic ring is 1. The molecule has 0 atom stereocenters. The van der Waals surface area contributed by atoms with E-state index < -0.39 is 0 Å². The van der Waals surface area contributed by atoms with E-state index in [4.69, 9.17) is 10.5 Å². The van der Waals surface area contributed by atoms with Gasteiger partial charge in [-0.25, -0.2) is 0 Å². The molecule has 1 aromatic rings. The summed E-state index contributed by atoms with van der Waals surface area (Å²) in [5.74, 6) is 1.50.